The van der Waals surface area contributed by atoms with Crippen LogP contribution in [0.1, 0.15) is 47.9 Å². The molecule has 1 aromatic carbocycles. The fourth-order valence-corrected chi connectivity index (χ4v) is 5.21. The third-order valence-corrected chi connectivity index (χ3v) is 7.05. The first-order chi connectivity index (χ1) is 18.1. The summed E-state index contributed by atoms with van der Waals surface area (Å²) in [6, 6.07) is 21.8. The summed E-state index contributed by atoms with van der Waals surface area (Å²) in [5.41, 5.74) is 5.11. The highest BCUT2D eigenvalue weighted by atomic mass is 32.1. The molecular formula is C29H30N6OS. The van der Waals surface area contributed by atoms with Crippen LogP contribution in [-0.4, -0.2) is 37.0 Å². The molecule has 0 bridgehead atoms. The Labute approximate surface area is 222 Å². The zero-order valence-corrected chi connectivity index (χ0v) is 21.6. The number of nitrogens with zero attached hydrogens (tertiary/aromatic N) is 4. The lowest BCUT2D eigenvalue weighted by atomic mass is 10.0. The summed E-state index contributed by atoms with van der Waals surface area (Å²) in [6.07, 6.45) is 8.71. The van der Waals surface area contributed by atoms with E-state index in [9.17, 15) is 4.79 Å². The van der Waals surface area contributed by atoms with Gasteiger partial charge in [-0.15, -0.1) is 0 Å². The predicted molar refractivity (Wildman–Crippen MR) is 149 cm³/mol. The van der Waals surface area contributed by atoms with Crippen molar-refractivity contribution in [2.45, 2.75) is 38.4 Å². The summed E-state index contributed by atoms with van der Waals surface area (Å²) in [5.74, 6) is -0.0329. The quantitative estimate of drug-likeness (QED) is 0.312. The van der Waals surface area contributed by atoms with Crippen molar-refractivity contribution >= 4 is 28.9 Å². The molecule has 4 heterocycles. The molecule has 1 fully saturated rings. The first-order valence-electron chi connectivity index (χ1n) is 12.5. The van der Waals surface area contributed by atoms with E-state index in [-0.39, 0.29) is 18.0 Å². The van der Waals surface area contributed by atoms with Gasteiger partial charge in [-0.1, -0.05) is 37.3 Å². The minimum atomic E-state index is -0.139. The van der Waals surface area contributed by atoms with Crippen molar-refractivity contribution in [3.8, 4) is 0 Å². The van der Waals surface area contributed by atoms with Crippen LogP contribution in [0.3, 0.4) is 0 Å². The van der Waals surface area contributed by atoms with E-state index in [1.165, 1.54) is 0 Å². The van der Waals surface area contributed by atoms with E-state index >= 15 is 0 Å². The van der Waals surface area contributed by atoms with Crippen molar-refractivity contribution in [3.63, 3.8) is 0 Å². The first kappa shape index (κ1) is 24.6. The second-order valence-corrected chi connectivity index (χ2v) is 9.44. The highest BCUT2D eigenvalue weighted by Crippen LogP contribution is 2.39. The molecule has 0 unspecified atom stereocenters. The molecule has 1 aliphatic rings. The van der Waals surface area contributed by atoms with Crippen molar-refractivity contribution in [1.29, 1.82) is 0 Å². The third kappa shape index (κ3) is 5.54. The molecule has 0 aliphatic carbocycles. The number of nitrogens with one attached hydrogen (secondary N) is 2. The van der Waals surface area contributed by atoms with Crippen LogP contribution in [0, 0.1) is 0 Å². The van der Waals surface area contributed by atoms with Crippen LogP contribution in [0.25, 0.3) is 0 Å². The van der Waals surface area contributed by atoms with Crippen LogP contribution in [0.4, 0.5) is 5.69 Å². The molecule has 5 rings (SSSR count). The largest absolute Gasteiger partial charge is 0.352 e. The zero-order chi connectivity index (χ0) is 25.6. The predicted octanol–water partition coefficient (Wildman–Crippen LogP) is 4.89. The molecule has 1 saturated heterocycles. The van der Waals surface area contributed by atoms with Gasteiger partial charge in [-0.25, -0.2) is 0 Å². The average molecular weight is 511 g/mol. The highest BCUT2D eigenvalue weighted by Gasteiger charge is 2.41. The molecule has 0 saturated carbocycles. The summed E-state index contributed by atoms with van der Waals surface area (Å²) in [4.78, 5) is 24.0. The number of aromatic nitrogens is 3. The number of aryl methyl sites for hydroxylation is 1. The molecule has 2 N–H and O–H groups in total. The molecule has 0 radical (unpaired) electrons. The summed E-state index contributed by atoms with van der Waals surface area (Å²) in [6.45, 7) is 3.26. The Morgan fingerprint density at radius 3 is 2.70 bits per heavy atom. The van der Waals surface area contributed by atoms with Crippen LogP contribution in [-0.2, 0) is 17.8 Å². The molecule has 3 aromatic heterocycles. The van der Waals surface area contributed by atoms with Crippen molar-refractivity contribution in [2.75, 3.05) is 11.9 Å². The van der Waals surface area contributed by atoms with Gasteiger partial charge in [-0.05, 0) is 66.2 Å². The zero-order valence-electron chi connectivity index (χ0n) is 20.7. The Kier molecular flexibility index (Phi) is 7.56. The Morgan fingerprint density at radius 1 is 1.05 bits per heavy atom. The van der Waals surface area contributed by atoms with Gasteiger partial charge in [0.15, 0.2) is 5.11 Å². The Morgan fingerprint density at radius 2 is 1.92 bits per heavy atom. The summed E-state index contributed by atoms with van der Waals surface area (Å²) < 4.78 is 2.22. The maximum absolute atomic E-state index is 13.0. The van der Waals surface area contributed by atoms with Gasteiger partial charge in [0.1, 0.15) is 0 Å². The highest BCUT2D eigenvalue weighted by molar-refractivity contribution is 7.80. The van der Waals surface area contributed by atoms with Crippen molar-refractivity contribution in [3.05, 3.63) is 114 Å². The van der Waals surface area contributed by atoms with Gasteiger partial charge in [0.05, 0.1) is 17.8 Å². The number of carbonyl (C=O) groups excluding carboxylic acids is 1. The lowest BCUT2D eigenvalue weighted by Crippen LogP contribution is -2.33. The third-order valence-electron chi connectivity index (χ3n) is 6.69. The molecule has 1 amide bonds. The summed E-state index contributed by atoms with van der Waals surface area (Å²) >= 11 is 5.80. The van der Waals surface area contributed by atoms with Gasteiger partial charge in [0.2, 0.25) is 5.91 Å². The van der Waals surface area contributed by atoms with Gasteiger partial charge in [-0.2, -0.15) is 0 Å². The molecule has 8 heteroatoms. The Bertz CT molecular complexity index is 1360. The number of hydrogen-bond donors (Lipinski definition) is 2. The van der Waals surface area contributed by atoms with Crippen LogP contribution in [0.15, 0.2) is 91.5 Å². The number of thiocarbonyl (C=S) groups is 1. The molecular weight excluding hydrogens is 480 g/mol. The van der Waals surface area contributed by atoms with E-state index < -0.39 is 0 Å². The smallest absolute Gasteiger partial charge is 0.226 e. The maximum atomic E-state index is 13.0. The first-order valence-corrected chi connectivity index (χ1v) is 12.9. The minimum absolute atomic E-state index is 0.0329. The number of para-hydroxylation sites is 1. The minimum Gasteiger partial charge on any atom is -0.352 e. The van der Waals surface area contributed by atoms with E-state index in [0.717, 1.165) is 34.6 Å². The Hall–Kier alpha value is -4.04. The number of pyridine rings is 2. The molecule has 1 aliphatic heterocycles. The fourth-order valence-electron chi connectivity index (χ4n) is 4.88. The standard InChI is InChI=1S/C29H30N6OS/c1-2-22-10-3-4-11-23(22)32-26(36)14-18-35-28(27(33-29(35)37)24-12-5-6-16-31-24)25-13-8-17-34(25)20-21-9-7-15-30-19-21/h3-13,15-17,19,27-28H,2,14,18,20H2,1H3,(H,32,36)(H,33,37)/t27-,28+/m0/s1. The molecule has 2 atom stereocenters. The number of hydrogen-bond acceptors (Lipinski definition) is 4. The fraction of sp³-hybridized carbons (Fsp3) is 0.241. The number of carbonyl (C=O) groups is 1. The van der Waals surface area contributed by atoms with Crippen molar-refractivity contribution in [1.82, 2.24) is 24.8 Å². The summed E-state index contributed by atoms with van der Waals surface area (Å²) in [5, 5.41) is 7.18. The van der Waals surface area contributed by atoms with Crippen molar-refractivity contribution in [2.24, 2.45) is 0 Å². The molecule has 188 valence electrons. The van der Waals surface area contributed by atoms with Gasteiger partial charge >= 0.3 is 0 Å². The molecule has 7 nitrogen and oxygen atoms in total. The van der Waals surface area contributed by atoms with Gasteiger partial charge in [0, 0.05) is 55.7 Å². The van der Waals surface area contributed by atoms with Gasteiger partial charge < -0.3 is 20.1 Å². The normalized spacial score (nSPS) is 17.0. The number of anilines is 1. The molecule has 4 aromatic rings. The van der Waals surface area contributed by atoms with E-state index in [4.69, 9.17) is 12.2 Å². The van der Waals surface area contributed by atoms with Crippen LogP contribution in [0.2, 0.25) is 0 Å². The SMILES string of the molecule is CCc1ccccc1NC(=O)CCN1C(=S)N[C@@H](c2ccccn2)[C@H]1c1cccn1Cc1cccnc1. The van der Waals surface area contributed by atoms with Crippen LogP contribution >= 0.6 is 12.2 Å². The van der Waals surface area contributed by atoms with Crippen molar-refractivity contribution < 1.29 is 4.79 Å². The van der Waals surface area contributed by atoms with E-state index in [1.807, 2.05) is 54.7 Å². The topological polar surface area (TPSA) is 75.1 Å². The van der Waals surface area contributed by atoms with Gasteiger partial charge in [-0.3, -0.25) is 14.8 Å². The van der Waals surface area contributed by atoms with Crippen LogP contribution < -0.4 is 10.6 Å². The average Bonchev–Trinajstić information content (AvgIpc) is 3.52. The molecule has 0 spiro atoms. The van der Waals surface area contributed by atoms with E-state index in [0.29, 0.717) is 24.6 Å². The lowest BCUT2D eigenvalue weighted by Gasteiger charge is -2.29. The van der Waals surface area contributed by atoms with Gasteiger partial charge in [0.25, 0.3) is 0 Å². The van der Waals surface area contributed by atoms with Crippen LogP contribution in [0.5, 0.6) is 0 Å². The second kappa shape index (κ2) is 11.3. The number of rotatable bonds is 9. The van der Waals surface area contributed by atoms with E-state index in [1.54, 1.807) is 12.4 Å². The summed E-state index contributed by atoms with van der Waals surface area (Å²) in [7, 11) is 0. The van der Waals surface area contributed by atoms with E-state index in [2.05, 4.69) is 61.4 Å². The Balaban J connectivity index is 1.40. The number of amides is 1. The second-order valence-electron chi connectivity index (χ2n) is 9.05. The molecule has 37 heavy (non-hydrogen) atoms. The lowest BCUT2D eigenvalue weighted by molar-refractivity contribution is -0.116. The monoisotopic (exact) mass is 510 g/mol. The maximum Gasteiger partial charge on any atom is 0.226 e. The number of benzene rings is 1.